The second-order valence-electron chi connectivity index (χ2n) is 6.48. The summed E-state index contributed by atoms with van der Waals surface area (Å²) in [7, 11) is 0. The van der Waals surface area contributed by atoms with Crippen LogP contribution in [0.25, 0.3) is 0 Å². The molecule has 160 valence electrons. The Kier molecular flexibility index (Phi) is 10.8. The van der Waals surface area contributed by atoms with Gasteiger partial charge in [0.2, 0.25) is 17.8 Å². The third-order valence-corrected chi connectivity index (χ3v) is 4.40. The Labute approximate surface area is 167 Å². The SMILES string of the molecule is CCC(CC)Nc1nc(NCCOCCOCCN)nc(N2CCOCC2)n1. The van der Waals surface area contributed by atoms with Gasteiger partial charge in [0.15, 0.2) is 0 Å². The minimum absolute atomic E-state index is 0.338. The molecule has 0 aliphatic carbocycles. The van der Waals surface area contributed by atoms with Crippen LogP contribution in [-0.2, 0) is 14.2 Å². The van der Waals surface area contributed by atoms with E-state index in [4.69, 9.17) is 19.9 Å². The van der Waals surface area contributed by atoms with Crippen molar-refractivity contribution in [2.75, 3.05) is 81.4 Å². The summed E-state index contributed by atoms with van der Waals surface area (Å²) >= 11 is 0. The van der Waals surface area contributed by atoms with Gasteiger partial charge < -0.3 is 35.5 Å². The van der Waals surface area contributed by atoms with Gasteiger partial charge in [-0.15, -0.1) is 0 Å². The predicted molar refractivity (Wildman–Crippen MR) is 110 cm³/mol. The number of morpholine rings is 1. The number of nitrogens with two attached hydrogens (primary N) is 1. The average Bonchev–Trinajstić information content (AvgIpc) is 2.74. The van der Waals surface area contributed by atoms with E-state index in [9.17, 15) is 0 Å². The maximum Gasteiger partial charge on any atom is 0.232 e. The molecule has 0 unspecified atom stereocenters. The molecule has 1 fully saturated rings. The van der Waals surface area contributed by atoms with Crippen LogP contribution < -0.4 is 21.3 Å². The number of anilines is 3. The number of hydrogen-bond donors (Lipinski definition) is 3. The summed E-state index contributed by atoms with van der Waals surface area (Å²) in [6, 6.07) is 0.338. The van der Waals surface area contributed by atoms with E-state index in [1.165, 1.54) is 0 Å². The normalized spacial score (nSPS) is 14.5. The first-order chi connectivity index (χ1) is 13.8. The topological polar surface area (TPSA) is 120 Å². The van der Waals surface area contributed by atoms with Crippen LogP contribution >= 0.6 is 0 Å². The molecular formula is C18H35N7O3. The zero-order valence-electron chi connectivity index (χ0n) is 17.2. The molecule has 0 aromatic carbocycles. The smallest absolute Gasteiger partial charge is 0.232 e. The standard InChI is InChI=1S/C18H35N7O3/c1-3-15(4-2)21-17-22-16(20-6-10-27-14-13-26-9-5-19)23-18(24-17)25-7-11-28-12-8-25/h15H,3-14,19H2,1-2H3,(H2,20,21,22,23,24). The Morgan fingerprint density at radius 1 is 1.00 bits per heavy atom. The quantitative estimate of drug-likeness (QED) is 0.387. The molecule has 2 heterocycles. The van der Waals surface area contributed by atoms with Gasteiger partial charge in [-0.3, -0.25) is 0 Å². The van der Waals surface area contributed by atoms with Gasteiger partial charge in [0, 0.05) is 32.2 Å². The summed E-state index contributed by atoms with van der Waals surface area (Å²) in [5.41, 5.74) is 5.37. The molecule has 4 N–H and O–H groups in total. The number of nitrogens with one attached hydrogen (secondary N) is 2. The third-order valence-electron chi connectivity index (χ3n) is 4.40. The molecule has 1 aliphatic rings. The van der Waals surface area contributed by atoms with Crippen LogP contribution in [0.3, 0.4) is 0 Å². The van der Waals surface area contributed by atoms with Crippen molar-refractivity contribution in [1.82, 2.24) is 15.0 Å². The van der Waals surface area contributed by atoms with Gasteiger partial charge in [-0.1, -0.05) is 13.8 Å². The van der Waals surface area contributed by atoms with Crippen LogP contribution in [0, 0.1) is 0 Å². The first kappa shape index (κ1) is 22.5. The van der Waals surface area contributed by atoms with Crippen molar-refractivity contribution < 1.29 is 14.2 Å². The summed E-state index contributed by atoms with van der Waals surface area (Å²) < 4.78 is 16.2. The van der Waals surface area contributed by atoms with Gasteiger partial charge in [-0.05, 0) is 12.8 Å². The maximum absolute atomic E-state index is 5.54. The third kappa shape index (κ3) is 8.09. The molecule has 0 bridgehead atoms. The van der Waals surface area contributed by atoms with Gasteiger partial charge in [0.25, 0.3) is 0 Å². The molecule has 1 saturated heterocycles. The highest BCUT2D eigenvalue weighted by molar-refractivity contribution is 5.44. The largest absolute Gasteiger partial charge is 0.378 e. The minimum atomic E-state index is 0.338. The van der Waals surface area contributed by atoms with Gasteiger partial charge in [0.05, 0.1) is 39.6 Å². The highest BCUT2D eigenvalue weighted by Gasteiger charge is 2.17. The van der Waals surface area contributed by atoms with E-state index in [1.54, 1.807) is 0 Å². The van der Waals surface area contributed by atoms with Gasteiger partial charge >= 0.3 is 0 Å². The van der Waals surface area contributed by atoms with Crippen molar-refractivity contribution >= 4 is 17.8 Å². The Bertz CT molecular complexity index is 540. The first-order valence-electron chi connectivity index (χ1n) is 10.2. The molecule has 1 aromatic rings. The summed E-state index contributed by atoms with van der Waals surface area (Å²) in [5.74, 6) is 1.82. The zero-order valence-corrected chi connectivity index (χ0v) is 17.2. The van der Waals surface area contributed by atoms with Crippen molar-refractivity contribution in [2.45, 2.75) is 32.7 Å². The molecule has 10 heteroatoms. The molecule has 1 aromatic heterocycles. The van der Waals surface area contributed by atoms with Crippen LogP contribution in [0.15, 0.2) is 0 Å². The first-order valence-corrected chi connectivity index (χ1v) is 10.2. The molecule has 28 heavy (non-hydrogen) atoms. The van der Waals surface area contributed by atoms with Crippen molar-refractivity contribution in [2.24, 2.45) is 5.73 Å². The van der Waals surface area contributed by atoms with E-state index in [0.29, 0.717) is 76.6 Å². The summed E-state index contributed by atoms with van der Waals surface area (Å²) in [6.45, 7) is 10.6. The van der Waals surface area contributed by atoms with E-state index in [1.807, 2.05) is 0 Å². The maximum atomic E-state index is 5.54. The Hall–Kier alpha value is -1.75. The van der Waals surface area contributed by atoms with Crippen molar-refractivity contribution in [3.8, 4) is 0 Å². The second-order valence-corrected chi connectivity index (χ2v) is 6.48. The van der Waals surface area contributed by atoms with Gasteiger partial charge in [-0.2, -0.15) is 15.0 Å². The fourth-order valence-electron chi connectivity index (χ4n) is 2.73. The van der Waals surface area contributed by atoms with Gasteiger partial charge in [0.1, 0.15) is 0 Å². The highest BCUT2D eigenvalue weighted by Crippen LogP contribution is 2.16. The Balaban J connectivity index is 1.91. The van der Waals surface area contributed by atoms with Crippen LogP contribution in [0.1, 0.15) is 26.7 Å². The lowest BCUT2D eigenvalue weighted by Gasteiger charge is -2.27. The lowest BCUT2D eigenvalue weighted by Crippen LogP contribution is -2.37. The summed E-state index contributed by atoms with van der Waals surface area (Å²) in [4.78, 5) is 15.8. The lowest BCUT2D eigenvalue weighted by molar-refractivity contribution is 0.0547. The summed E-state index contributed by atoms with van der Waals surface area (Å²) in [5, 5.41) is 6.64. The number of hydrogen-bond acceptors (Lipinski definition) is 10. The Morgan fingerprint density at radius 2 is 1.68 bits per heavy atom. The van der Waals surface area contributed by atoms with E-state index in [0.717, 1.165) is 25.9 Å². The van der Waals surface area contributed by atoms with E-state index >= 15 is 0 Å². The minimum Gasteiger partial charge on any atom is -0.378 e. The van der Waals surface area contributed by atoms with Gasteiger partial charge in [-0.25, -0.2) is 0 Å². The fraction of sp³-hybridized carbons (Fsp3) is 0.833. The van der Waals surface area contributed by atoms with E-state index in [-0.39, 0.29) is 0 Å². The number of nitrogens with zero attached hydrogens (tertiary/aromatic N) is 4. The van der Waals surface area contributed by atoms with E-state index in [2.05, 4.69) is 44.3 Å². The molecule has 2 rings (SSSR count). The molecule has 0 atom stereocenters. The van der Waals surface area contributed by atoms with Crippen molar-refractivity contribution in [1.29, 1.82) is 0 Å². The lowest BCUT2D eigenvalue weighted by atomic mass is 10.2. The van der Waals surface area contributed by atoms with E-state index < -0.39 is 0 Å². The molecule has 0 radical (unpaired) electrons. The van der Waals surface area contributed by atoms with Crippen molar-refractivity contribution in [3.63, 3.8) is 0 Å². The second kappa shape index (κ2) is 13.4. The monoisotopic (exact) mass is 397 g/mol. The Morgan fingerprint density at radius 3 is 2.36 bits per heavy atom. The number of rotatable bonds is 14. The van der Waals surface area contributed by atoms with Crippen LogP contribution in [0.4, 0.5) is 17.8 Å². The molecule has 0 amide bonds. The fourth-order valence-corrected chi connectivity index (χ4v) is 2.73. The summed E-state index contributed by atoms with van der Waals surface area (Å²) in [6.07, 6.45) is 2.02. The van der Waals surface area contributed by atoms with Crippen LogP contribution in [-0.4, -0.2) is 86.8 Å². The zero-order chi connectivity index (χ0) is 20.0. The van der Waals surface area contributed by atoms with Crippen LogP contribution in [0.2, 0.25) is 0 Å². The molecule has 1 aliphatic heterocycles. The number of aromatic nitrogens is 3. The average molecular weight is 398 g/mol. The van der Waals surface area contributed by atoms with Crippen molar-refractivity contribution in [3.05, 3.63) is 0 Å². The molecular weight excluding hydrogens is 362 g/mol. The highest BCUT2D eigenvalue weighted by atomic mass is 16.5. The molecule has 0 spiro atoms. The van der Waals surface area contributed by atoms with Crippen LogP contribution in [0.5, 0.6) is 0 Å². The predicted octanol–water partition coefficient (Wildman–Crippen LogP) is 0.713. The molecule has 0 saturated carbocycles. The number of ether oxygens (including phenoxy) is 3. The molecule has 10 nitrogen and oxygen atoms in total.